The summed E-state index contributed by atoms with van der Waals surface area (Å²) >= 11 is 0. The van der Waals surface area contributed by atoms with Crippen LogP contribution in [-0.4, -0.2) is 64.9 Å². The summed E-state index contributed by atoms with van der Waals surface area (Å²) < 4.78 is 26.8. The van der Waals surface area contributed by atoms with Crippen LogP contribution in [0.15, 0.2) is 48.6 Å². The third kappa shape index (κ3) is 40.0. The summed E-state index contributed by atoms with van der Waals surface area (Å²) in [4.78, 5) is 45.8. The minimum absolute atomic E-state index is 0.132. The number of unbranched alkanes of at least 4 members (excludes halogenated alkanes) is 19. The van der Waals surface area contributed by atoms with Gasteiger partial charge in [-0.3, -0.25) is 18.6 Å². The molecule has 0 radical (unpaired) electrons. The Morgan fingerprint density at radius 2 is 0.965 bits per heavy atom. The van der Waals surface area contributed by atoms with Gasteiger partial charge in [0.1, 0.15) is 12.7 Å². The largest absolute Gasteiger partial charge is 0.480 e. The predicted molar refractivity (Wildman–Crippen MR) is 231 cm³/mol. The molecule has 0 aliphatic rings. The zero-order valence-electron chi connectivity index (χ0n) is 35.6. The Morgan fingerprint density at radius 3 is 1.47 bits per heavy atom. The van der Waals surface area contributed by atoms with E-state index in [0.29, 0.717) is 12.8 Å². The standard InChI is InChI=1S/C45H80NO10P/c1-3-5-7-9-11-13-15-16-17-18-19-20-21-22-23-24-25-26-27-28-30-32-34-36-43(48)46-42(45(50)51)40-56-57(52,53)55-39-41(47)38-54-44(49)37-35-33-31-29-14-12-10-8-6-4-2/h11,13,16-17,19-20,22-23,41-42,47H,3-10,12,14-15,18,21,24-40H2,1-2H3,(H,46,48)(H,50,51)(H,52,53)/b13-11-,17-16-,20-19-,23-22-. The SMILES string of the molecule is CCCCC/C=C\C/C=C\C/C=C\C/C=C\CCCCCCCCCC(=O)NC(COP(=O)(O)OCC(O)COC(=O)CCCCCCCCCCCC)C(=O)O. The zero-order valence-corrected chi connectivity index (χ0v) is 36.5. The average Bonchev–Trinajstić information content (AvgIpc) is 3.18. The normalized spacial score (nSPS) is 14.2. The fourth-order valence-electron chi connectivity index (χ4n) is 5.89. The number of hydrogen-bond donors (Lipinski definition) is 4. The van der Waals surface area contributed by atoms with Gasteiger partial charge in [-0.25, -0.2) is 9.36 Å². The second kappa shape index (κ2) is 40.2. The van der Waals surface area contributed by atoms with Gasteiger partial charge in [-0.2, -0.15) is 0 Å². The second-order valence-electron chi connectivity index (χ2n) is 14.9. The van der Waals surface area contributed by atoms with Crippen molar-refractivity contribution in [2.24, 2.45) is 0 Å². The third-order valence-electron chi connectivity index (χ3n) is 9.37. The van der Waals surface area contributed by atoms with Gasteiger partial charge in [0.25, 0.3) is 0 Å². The summed E-state index contributed by atoms with van der Waals surface area (Å²) in [7, 11) is -4.76. The van der Waals surface area contributed by atoms with Crippen molar-refractivity contribution in [3.8, 4) is 0 Å². The molecule has 0 fully saturated rings. The smallest absolute Gasteiger partial charge is 0.472 e. The molecule has 0 bridgehead atoms. The summed E-state index contributed by atoms with van der Waals surface area (Å²) in [6.45, 7) is 2.53. The molecule has 0 aliphatic carbocycles. The van der Waals surface area contributed by atoms with Crippen molar-refractivity contribution in [3.05, 3.63) is 48.6 Å². The van der Waals surface area contributed by atoms with Crippen LogP contribution in [0.1, 0.15) is 187 Å². The van der Waals surface area contributed by atoms with Crippen LogP contribution in [0.3, 0.4) is 0 Å². The van der Waals surface area contributed by atoms with E-state index < -0.39 is 57.6 Å². The second-order valence-corrected chi connectivity index (χ2v) is 16.3. The Bertz CT molecular complexity index is 1150. The number of amides is 1. The van der Waals surface area contributed by atoms with Crippen LogP contribution in [0.5, 0.6) is 0 Å². The number of ether oxygens (including phenoxy) is 1. The Hall–Kier alpha value is -2.56. The van der Waals surface area contributed by atoms with Crippen molar-refractivity contribution in [1.82, 2.24) is 5.32 Å². The lowest BCUT2D eigenvalue weighted by molar-refractivity contribution is -0.147. The van der Waals surface area contributed by atoms with Gasteiger partial charge in [0, 0.05) is 12.8 Å². The first-order valence-corrected chi connectivity index (χ1v) is 23.7. The van der Waals surface area contributed by atoms with E-state index in [0.717, 1.165) is 83.5 Å². The van der Waals surface area contributed by atoms with Gasteiger partial charge < -0.3 is 25.2 Å². The van der Waals surface area contributed by atoms with Crippen molar-refractivity contribution in [1.29, 1.82) is 0 Å². The number of allylic oxidation sites excluding steroid dienone is 8. The van der Waals surface area contributed by atoms with Gasteiger partial charge >= 0.3 is 19.8 Å². The van der Waals surface area contributed by atoms with Crippen LogP contribution >= 0.6 is 7.82 Å². The Morgan fingerprint density at radius 1 is 0.561 bits per heavy atom. The fourth-order valence-corrected chi connectivity index (χ4v) is 6.66. The molecule has 0 saturated heterocycles. The predicted octanol–water partition coefficient (Wildman–Crippen LogP) is 11.4. The number of phosphoric ester groups is 1. The molecule has 11 nitrogen and oxygen atoms in total. The van der Waals surface area contributed by atoms with E-state index in [1.807, 2.05) is 0 Å². The molecule has 12 heteroatoms. The Balaban J connectivity index is 3.92. The molecule has 0 heterocycles. The van der Waals surface area contributed by atoms with Crippen molar-refractivity contribution >= 4 is 25.7 Å². The molecule has 3 atom stereocenters. The summed E-state index contributed by atoms with van der Waals surface area (Å²) in [6.07, 6.45) is 44.2. The van der Waals surface area contributed by atoms with Gasteiger partial charge in [-0.1, -0.05) is 165 Å². The minimum Gasteiger partial charge on any atom is -0.480 e. The fraction of sp³-hybridized carbons (Fsp3) is 0.756. The molecule has 0 aromatic carbocycles. The summed E-state index contributed by atoms with van der Waals surface area (Å²) in [6, 6.07) is -1.55. The van der Waals surface area contributed by atoms with Crippen LogP contribution in [0, 0.1) is 0 Å². The molecule has 0 aliphatic heterocycles. The number of phosphoric acid groups is 1. The lowest BCUT2D eigenvalue weighted by Crippen LogP contribution is -2.43. The number of aliphatic carboxylic acids is 1. The molecule has 4 N–H and O–H groups in total. The molecule has 0 spiro atoms. The van der Waals surface area contributed by atoms with E-state index in [1.54, 1.807) is 0 Å². The van der Waals surface area contributed by atoms with Gasteiger partial charge in [0.2, 0.25) is 5.91 Å². The van der Waals surface area contributed by atoms with Crippen LogP contribution in [0.25, 0.3) is 0 Å². The van der Waals surface area contributed by atoms with Crippen LogP contribution in [0.2, 0.25) is 0 Å². The minimum atomic E-state index is -4.76. The van der Waals surface area contributed by atoms with Crippen LogP contribution in [-0.2, 0) is 32.7 Å². The number of nitrogens with one attached hydrogen (secondary N) is 1. The van der Waals surface area contributed by atoms with Crippen molar-refractivity contribution in [2.75, 3.05) is 19.8 Å². The van der Waals surface area contributed by atoms with Gasteiger partial charge in [0.05, 0.1) is 13.2 Å². The van der Waals surface area contributed by atoms with Crippen molar-refractivity contribution in [3.63, 3.8) is 0 Å². The highest BCUT2D eigenvalue weighted by Gasteiger charge is 2.28. The summed E-state index contributed by atoms with van der Waals surface area (Å²) in [5.74, 6) is -2.39. The number of aliphatic hydroxyl groups excluding tert-OH is 1. The molecule has 1 amide bonds. The molecule has 0 aromatic heterocycles. The maximum Gasteiger partial charge on any atom is 0.472 e. The Labute approximate surface area is 345 Å². The number of hydrogen-bond acceptors (Lipinski definition) is 8. The van der Waals surface area contributed by atoms with E-state index in [-0.39, 0.29) is 12.8 Å². The number of carbonyl (C=O) groups is 3. The highest BCUT2D eigenvalue weighted by molar-refractivity contribution is 7.47. The van der Waals surface area contributed by atoms with Crippen LogP contribution < -0.4 is 5.32 Å². The number of carboxylic acids is 1. The zero-order chi connectivity index (χ0) is 42.1. The summed E-state index contributed by atoms with van der Waals surface area (Å²) in [5.41, 5.74) is 0. The number of carbonyl (C=O) groups excluding carboxylic acids is 2. The monoisotopic (exact) mass is 826 g/mol. The molecular formula is C45H80NO10P. The topological polar surface area (TPSA) is 169 Å². The van der Waals surface area contributed by atoms with E-state index >= 15 is 0 Å². The lowest BCUT2D eigenvalue weighted by atomic mass is 10.1. The highest BCUT2D eigenvalue weighted by Crippen LogP contribution is 2.43. The van der Waals surface area contributed by atoms with Gasteiger partial charge in [-0.15, -0.1) is 0 Å². The van der Waals surface area contributed by atoms with Gasteiger partial charge in [0.15, 0.2) is 6.04 Å². The maximum absolute atomic E-state index is 12.3. The molecule has 330 valence electrons. The van der Waals surface area contributed by atoms with E-state index in [1.165, 1.54) is 64.2 Å². The van der Waals surface area contributed by atoms with E-state index in [9.17, 15) is 34.1 Å². The highest BCUT2D eigenvalue weighted by atomic mass is 31.2. The third-order valence-corrected chi connectivity index (χ3v) is 10.3. The van der Waals surface area contributed by atoms with Crippen molar-refractivity contribution < 1.29 is 47.8 Å². The maximum atomic E-state index is 12.3. The molecular weight excluding hydrogens is 745 g/mol. The number of rotatable bonds is 41. The first kappa shape index (κ1) is 54.4. The Kier molecular flexibility index (Phi) is 38.4. The lowest BCUT2D eigenvalue weighted by Gasteiger charge is -2.18. The number of esters is 1. The molecule has 0 saturated carbocycles. The first-order chi connectivity index (χ1) is 27.6. The number of aliphatic hydroxyl groups is 1. The van der Waals surface area contributed by atoms with Gasteiger partial charge in [-0.05, 0) is 57.8 Å². The van der Waals surface area contributed by atoms with Crippen LogP contribution in [0.4, 0.5) is 0 Å². The molecule has 0 rings (SSSR count). The first-order valence-electron chi connectivity index (χ1n) is 22.2. The number of carboxylic acid groups (broad SMARTS) is 1. The average molecular weight is 826 g/mol. The molecule has 0 aromatic rings. The molecule has 3 unspecified atom stereocenters. The summed E-state index contributed by atoms with van der Waals surface area (Å²) in [5, 5.41) is 21.8. The van der Waals surface area contributed by atoms with E-state index in [2.05, 4.69) is 67.8 Å². The quantitative estimate of drug-likeness (QED) is 0.0201. The van der Waals surface area contributed by atoms with E-state index in [4.69, 9.17) is 13.8 Å². The molecule has 57 heavy (non-hydrogen) atoms. The van der Waals surface area contributed by atoms with Crippen molar-refractivity contribution in [2.45, 2.75) is 199 Å².